The van der Waals surface area contributed by atoms with Gasteiger partial charge in [0.05, 0.1) is 37.9 Å². The van der Waals surface area contributed by atoms with E-state index >= 15 is 0 Å². The zero-order valence-electron chi connectivity index (χ0n) is 16.3. The summed E-state index contributed by atoms with van der Waals surface area (Å²) in [6, 6.07) is 8.45. The van der Waals surface area contributed by atoms with Crippen molar-refractivity contribution in [1.82, 2.24) is 4.57 Å². The maximum absolute atomic E-state index is 3.60. The fourth-order valence-corrected chi connectivity index (χ4v) is 3.00. The Balaban J connectivity index is 1.89. The van der Waals surface area contributed by atoms with Gasteiger partial charge in [-0.2, -0.15) is 5.43 Å². The minimum absolute atomic E-state index is 1.02. The molecule has 0 spiro atoms. The summed E-state index contributed by atoms with van der Waals surface area (Å²) in [5, 5.41) is 5.67. The number of benzene rings is 1. The zero-order chi connectivity index (χ0) is 18.1. The smallest absolute Gasteiger partial charge is 0.379 e. The Labute approximate surface area is 152 Å². The lowest BCUT2D eigenvalue weighted by molar-refractivity contribution is -0.656. The summed E-state index contributed by atoms with van der Waals surface area (Å²) in [5.74, 6) is 1.04. The van der Waals surface area contributed by atoms with Gasteiger partial charge in [0.2, 0.25) is 0 Å². The molecule has 0 radical (unpaired) electrons. The highest BCUT2D eigenvalue weighted by atomic mass is 15.5. The van der Waals surface area contributed by atoms with Crippen molar-refractivity contribution < 1.29 is 4.57 Å². The minimum atomic E-state index is 1.02. The third-order valence-electron chi connectivity index (χ3n) is 4.56. The number of nitrogens with zero attached hydrogens (tertiary/aromatic N) is 3. The lowest BCUT2D eigenvalue weighted by Gasteiger charge is -2.20. The largest absolute Gasteiger partial charge is 0.383 e. The van der Waals surface area contributed by atoms with Crippen molar-refractivity contribution in [1.29, 1.82) is 0 Å². The van der Waals surface area contributed by atoms with E-state index in [1.165, 1.54) is 44.2 Å². The predicted octanol–water partition coefficient (Wildman–Crippen LogP) is 4.09. The summed E-state index contributed by atoms with van der Waals surface area (Å²) in [4.78, 5) is 0. The van der Waals surface area contributed by atoms with E-state index in [2.05, 4.69) is 63.1 Å². The second kappa shape index (κ2) is 9.97. The number of imidazole rings is 1. The Morgan fingerprint density at radius 3 is 2.52 bits per heavy atom. The second-order valence-electron chi connectivity index (χ2n) is 6.73. The van der Waals surface area contributed by atoms with Crippen molar-refractivity contribution in [3.05, 3.63) is 36.7 Å². The summed E-state index contributed by atoms with van der Waals surface area (Å²) < 4.78 is 4.14. The monoisotopic (exact) mass is 344 g/mol. The van der Waals surface area contributed by atoms with E-state index in [1.807, 2.05) is 26.5 Å². The number of nitrogens with one attached hydrogen (secondary N) is 2. The quantitative estimate of drug-likeness (QED) is 0.366. The zero-order valence-corrected chi connectivity index (χ0v) is 16.3. The maximum atomic E-state index is 3.60. The van der Waals surface area contributed by atoms with Crippen molar-refractivity contribution in [3.8, 4) is 0 Å². The van der Waals surface area contributed by atoms with Crippen molar-refractivity contribution in [2.75, 3.05) is 29.3 Å². The standard InChI is InChI=1S/C20H33N5/c1-5-6-7-8-9-12-15-21-18-13-10-11-14-19(18)25(4)22-20-23(2)16-17-24(20)3/h10-11,13-14,16-17,21H,5-9,12,15H2,1-4H3/p+1. The number of hydrogen-bond acceptors (Lipinski definition) is 3. The molecule has 0 aliphatic rings. The van der Waals surface area contributed by atoms with Crippen LogP contribution in [0.3, 0.4) is 0 Å². The van der Waals surface area contributed by atoms with E-state index in [4.69, 9.17) is 0 Å². The molecule has 5 heteroatoms. The molecule has 0 unspecified atom stereocenters. The number of rotatable bonds is 11. The van der Waals surface area contributed by atoms with Crippen molar-refractivity contribution >= 4 is 17.3 Å². The fraction of sp³-hybridized carbons (Fsp3) is 0.550. The summed E-state index contributed by atoms with van der Waals surface area (Å²) in [5.41, 5.74) is 5.78. The number of hydrazine groups is 1. The first-order valence-corrected chi connectivity index (χ1v) is 9.47. The van der Waals surface area contributed by atoms with Gasteiger partial charge in [0.25, 0.3) is 0 Å². The van der Waals surface area contributed by atoms with Gasteiger partial charge in [-0.25, -0.2) is 14.1 Å². The Kier molecular flexibility index (Phi) is 7.64. The van der Waals surface area contributed by atoms with Crippen molar-refractivity contribution in [2.45, 2.75) is 45.4 Å². The highest BCUT2D eigenvalue weighted by Gasteiger charge is 2.15. The van der Waals surface area contributed by atoms with Gasteiger partial charge in [0, 0.05) is 13.6 Å². The molecule has 0 bridgehead atoms. The average molecular weight is 345 g/mol. The van der Waals surface area contributed by atoms with Crippen LogP contribution >= 0.6 is 0 Å². The molecular formula is C20H34N5+. The van der Waals surface area contributed by atoms with E-state index < -0.39 is 0 Å². The van der Waals surface area contributed by atoms with E-state index in [9.17, 15) is 0 Å². The third kappa shape index (κ3) is 5.69. The lowest BCUT2D eigenvalue weighted by atomic mass is 10.1. The minimum Gasteiger partial charge on any atom is -0.383 e. The molecule has 0 amide bonds. The summed E-state index contributed by atoms with van der Waals surface area (Å²) in [7, 11) is 6.13. The predicted molar refractivity (Wildman–Crippen MR) is 107 cm³/mol. The van der Waals surface area contributed by atoms with Gasteiger partial charge in [-0.15, -0.1) is 0 Å². The molecule has 1 aromatic carbocycles. The highest BCUT2D eigenvalue weighted by Crippen LogP contribution is 2.24. The van der Waals surface area contributed by atoms with Gasteiger partial charge < -0.3 is 5.32 Å². The van der Waals surface area contributed by atoms with Crippen LogP contribution in [0.25, 0.3) is 0 Å². The highest BCUT2D eigenvalue weighted by molar-refractivity contribution is 5.70. The molecule has 2 aromatic rings. The van der Waals surface area contributed by atoms with Gasteiger partial charge in [-0.05, 0) is 18.6 Å². The van der Waals surface area contributed by atoms with Gasteiger partial charge in [0.1, 0.15) is 0 Å². The third-order valence-corrected chi connectivity index (χ3v) is 4.56. The fourth-order valence-electron chi connectivity index (χ4n) is 3.00. The van der Waals surface area contributed by atoms with Gasteiger partial charge >= 0.3 is 5.95 Å². The molecule has 25 heavy (non-hydrogen) atoms. The molecule has 0 fully saturated rings. The SMILES string of the molecule is CCCCCCCCNc1ccccc1N(C)Nc1n(C)cc[n+]1C. The van der Waals surface area contributed by atoms with E-state index in [0.29, 0.717) is 0 Å². The molecule has 0 saturated heterocycles. The Hall–Kier alpha value is -2.17. The molecule has 1 aromatic heterocycles. The number of aryl methyl sites for hydroxylation is 2. The number of para-hydroxylation sites is 2. The summed E-state index contributed by atoms with van der Waals surface area (Å²) in [6.07, 6.45) is 12.0. The van der Waals surface area contributed by atoms with Crippen LogP contribution in [0.4, 0.5) is 17.3 Å². The number of aromatic nitrogens is 2. The molecule has 2 N–H and O–H groups in total. The Bertz CT molecular complexity index is 615. The number of hydrogen-bond donors (Lipinski definition) is 2. The number of anilines is 3. The van der Waals surface area contributed by atoms with Crippen LogP contribution in [0.15, 0.2) is 36.7 Å². The first-order valence-electron chi connectivity index (χ1n) is 9.47. The summed E-state index contributed by atoms with van der Waals surface area (Å²) >= 11 is 0. The first-order chi connectivity index (χ1) is 12.1. The van der Waals surface area contributed by atoms with Gasteiger partial charge in [-0.3, -0.25) is 0 Å². The van der Waals surface area contributed by atoms with E-state index in [0.717, 1.165) is 18.2 Å². The van der Waals surface area contributed by atoms with Gasteiger partial charge in [-0.1, -0.05) is 51.2 Å². The topological polar surface area (TPSA) is 36.1 Å². The van der Waals surface area contributed by atoms with Gasteiger partial charge in [0.15, 0.2) is 0 Å². The molecule has 5 nitrogen and oxygen atoms in total. The average Bonchev–Trinajstić information content (AvgIpc) is 2.93. The molecule has 1 heterocycles. The lowest BCUT2D eigenvalue weighted by Crippen LogP contribution is -2.37. The first kappa shape index (κ1) is 19.2. The van der Waals surface area contributed by atoms with Crippen LogP contribution in [0.2, 0.25) is 0 Å². The normalized spacial score (nSPS) is 10.7. The van der Waals surface area contributed by atoms with Crippen LogP contribution < -0.4 is 20.3 Å². The molecule has 0 aliphatic carbocycles. The van der Waals surface area contributed by atoms with Crippen LogP contribution in [0, 0.1) is 0 Å². The summed E-state index contributed by atoms with van der Waals surface area (Å²) in [6.45, 7) is 3.29. The van der Waals surface area contributed by atoms with Crippen LogP contribution in [0.1, 0.15) is 45.4 Å². The van der Waals surface area contributed by atoms with Crippen LogP contribution in [0.5, 0.6) is 0 Å². The second-order valence-corrected chi connectivity index (χ2v) is 6.73. The Morgan fingerprint density at radius 2 is 1.80 bits per heavy atom. The Morgan fingerprint density at radius 1 is 1.08 bits per heavy atom. The van der Waals surface area contributed by atoms with Crippen LogP contribution in [-0.2, 0) is 14.1 Å². The van der Waals surface area contributed by atoms with Crippen molar-refractivity contribution in [2.24, 2.45) is 14.1 Å². The molecule has 0 atom stereocenters. The molecule has 2 rings (SSSR count). The molecule has 0 aliphatic heterocycles. The maximum Gasteiger partial charge on any atom is 0.379 e. The van der Waals surface area contributed by atoms with Crippen LogP contribution in [-0.4, -0.2) is 18.2 Å². The van der Waals surface area contributed by atoms with Crippen molar-refractivity contribution in [3.63, 3.8) is 0 Å². The molecule has 0 saturated carbocycles. The van der Waals surface area contributed by atoms with E-state index in [1.54, 1.807) is 0 Å². The molecular weight excluding hydrogens is 310 g/mol. The van der Waals surface area contributed by atoms with E-state index in [-0.39, 0.29) is 0 Å². The molecule has 138 valence electrons. The number of unbranched alkanes of at least 4 members (excludes halogenated alkanes) is 5.